The monoisotopic (exact) mass is 364 g/mol. The number of nitrogens with zero attached hydrogens (tertiary/aromatic N) is 3. The minimum absolute atomic E-state index is 0.0843. The van der Waals surface area contributed by atoms with Gasteiger partial charge in [0.2, 0.25) is 0 Å². The van der Waals surface area contributed by atoms with Crippen LogP contribution < -0.4 is 5.32 Å². The molecule has 24 heavy (non-hydrogen) atoms. The third-order valence-electron chi connectivity index (χ3n) is 3.95. The molecule has 126 valence electrons. The second kappa shape index (κ2) is 7.05. The van der Waals surface area contributed by atoms with E-state index in [9.17, 15) is 4.79 Å². The number of piperazine rings is 1. The number of carbonyl (C=O) groups excluding carboxylic acids is 1. The first-order valence-corrected chi connectivity index (χ1v) is 8.52. The number of nitrogens with one attached hydrogen (secondary N) is 1. The Labute approximate surface area is 151 Å². The molecule has 1 fully saturated rings. The normalized spacial score (nSPS) is 20.9. The first-order valence-electron chi connectivity index (χ1n) is 7.77. The van der Waals surface area contributed by atoms with Crippen LogP contribution in [0.4, 0.5) is 0 Å². The summed E-state index contributed by atoms with van der Waals surface area (Å²) in [6.45, 7) is 5.46. The number of hydrogen-bond donors (Lipinski definition) is 1. The summed E-state index contributed by atoms with van der Waals surface area (Å²) < 4.78 is 0. The average Bonchev–Trinajstić information content (AvgIpc) is 2.56. The fraction of sp³-hybridized carbons (Fsp3) is 0.353. The molecule has 2 atom stereocenters. The highest BCUT2D eigenvalue weighted by atomic mass is 35.5. The predicted molar refractivity (Wildman–Crippen MR) is 95.5 cm³/mol. The molecule has 1 aromatic heterocycles. The molecule has 0 spiro atoms. The second-order valence-corrected chi connectivity index (χ2v) is 6.91. The Bertz CT molecular complexity index is 758. The van der Waals surface area contributed by atoms with Crippen LogP contribution in [-0.4, -0.2) is 45.9 Å². The summed E-state index contributed by atoms with van der Waals surface area (Å²) in [5.74, 6) is -0.0843. The zero-order chi connectivity index (χ0) is 17.3. The maximum absolute atomic E-state index is 12.8. The Morgan fingerprint density at radius 2 is 1.83 bits per heavy atom. The topological polar surface area (TPSA) is 58.1 Å². The maximum atomic E-state index is 12.8. The molecule has 2 heterocycles. The van der Waals surface area contributed by atoms with E-state index in [1.165, 1.54) is 6.33 Å². The van der Waals surface area contributed by atoms with Crippen molar-refractivity contribution in [3.05, 3.63) is 46.3 Å². The predicted octanol–water partition coefficient (Wildman–Crippen LogP) is 3.27. The number of aromatic nitrogens is 2. The SMILES string of the molecule is C[C@@H]1CN(C(=O)c2cc(-c3ccc(Cl)c(Cl)c3)ncn2)C[C@H](C)N1. The first kappa shape index (κ1) is 17.1. The summed E-state index contributed by atoms with van der Waals surface area (Å²) in [6.07, 6.45) is 1.40. The molecule has 3 rings (SSSR count). The van der Waals surface area contributed by atoms with Crippen molar-refractivity contribution in [1.29, 1.82) is 0 Å². The second-order valence-electron chi connectivity index (χ2n) is 6.10. The van der Waals surface area contributed by atoms with E-state index in [0.29, 0.717) is 34.5 Å². The summed E-state index contributed by atoms with van der Waals surface area (Å²) in [7, 11) is 0. The Morgan fingerprint density at radius 1 is 1.12 bits per heavy atom. The number of carbonyl (C=O) groups is 1. The van der Waals surface area contributed by atoms with Crippen molar-refractivity contribution in [2.75, 3.05) is 13.1 Å². The van der Waals surface area contributed by atoms with Crippen LogP contribution in [0.2, 0.25) is 10.0 Å². The van der Waals surface area contributed by atoms with Gasteiger partial charge in [-0.25, -0.2) is 9.97 Å². The van der Waals surface area contributed by atoms with E-state index in [1.807, 2.05) is 11.0 Å². The quantitative estimate of drug-likeness (QED) is 0.888. The lowest BCUT2D eigenvalue weighted by molar-refractivity contribution is 0.0667. The van der Waals surface area contributed by atoms with Gasteiger partial charge in [0.05, 0.1) is 15.7 Å². The van der Waals surface area contributed by atoms with Gasteiger partial charge in [-0.3, -0.25) is 4.79 Å². The summed E-state index contributed by atoms with van der Waals surface area (Å²) in [4.78, 5) is 23.0. The summed E-state index contributed by atoms with van der Waals surface area (Å²) in [5.41, 5.74) is 1.82. The Hall–Kier alpha value is -1.69. The fourth-order valence-electron chi connectivity index (χ4n) is 2.94. The van der Waals surface area contributed by atoms with Gasteiger partial charge >= 0.3 is 0 Å². The molecular formula is C17H18Cl2N4O. The van der Waals surface area contributed by atoms with Crippen LogP contribution in [0.5, 0.6) is 0 Å². The number of hydrogen-bond acceptors (Lipinski definition) is 4. The fourth-order valence-corrected chi connectivity index (χ4v) is 3.24. The van der Waals surface area contributed by atoms with E-state index in [0.717, 1.165) is 5.56 Å². The highest BCUT2D eigenvalue weighted by Gasteiger charge is 2.26. The van der Waals surface area contributed by atoms with Crippen molar-refractivity contribution < 1.29 is 4.79 Å². The zero-order valence-corrected chi connectivity index (χ0v) is 15.0. The van der Waals surface area contributed by atoms with E-state index in [4.69, 9.17) is 23.2 Å². The van der Waals surface area contributed by atoms with Crippen molar-refractivity contribution >= 4 is 29.1 Å². The van der Waals surface area contributed by atoms with Crippen LogP contribution in [-0.2, 0) is 0 Å². The van der Waals surface area contributed by atoms with Crippen molar-refractivity contribution in [1.82, 2.24) is 20.2 Å². The van der Waals surface area contributed by atoms with Crippen molar-refractivity contribution in [2.45, 2.75) is 25.9 Å². The smallest absolute Gasteiger partial charge is 0.272 e. The lowest BCUT2D eigenvalue weighted by Gasteiger charge is -2.35. The Balaban J connectivity index is 1.87. The van der Waals surface area contributed by atoms with Gasteiger partial charge in [0.15, 0.2) is 0 Å². The van der Waals surface area contributed by atoms with Crippen molar-refractivity contribution in [2.24, 2.45) is 0 Å². The van der Waals surface area contributed by atoms with E-state index >= 15 is 0 Å². The maximum Gasteiger partial charge on any atom is 0.272 e. The van der Waals surface area contributed by atoms with Gasteiger partial charge in [0.1, 0.15) is 12.0 Å². The Morgan fingerprint density at radius 3 is 2.50 bits per heavy atom. The van der Waals surface area contributed by atoms with Crippen LogP contribution in [0.25, 0.3) is 11.3 Å². The Kier molecular flexibility index (Phi) is 5.04. The molecule has 1 aromatic carbocycles. The molecule has 2 aromatic rings. The van der Waals surface area contributed by atoms with Crippen LogP contribution >= 0.6 is 23.2 Å². The van der Waals surface area contributed by atoms with Crippen LogP contribution in [0, 0.1) is 0 Å². The van der Waals surface area contributed by atoms with Crippen LogP contribution in [0.15, 0.2) is 30.6 Å². The molecule has 1 aliphatic heterocycles. The highest BCUT2D eigenvalue weighted by Crippen LogP contribution is 2.27. The number of benzene rings is 1. The molecule has 0 aliphatic carbocycles. The molecule has 5 nitrogen and oxygen atoms in total. The van der Waals surface area contributed by atoms with Gasteiger partial charge in [-0.2, -0.15) is 0 Å². The van der Waals surface area contributed by atoms with Crippen molar-refractivity contribution in [3.8, 4) is 11.3 Å². The van der Waals surface area contributed by atoms with Gasteiger partial charge in [-0.05, 0) is 32.0 Å². The lowest BCUT2D eigenvalue weighted by atomic mass is 10.1. The molecule has 1 amide bonds. The molecule has 0 saturated carbocycles. The third-order valence-corrected chi connectivity index (χ3v) is 4.69. The van der Waals surface area contributed by atoms with Gasteiger partial charge in [-0.15, -0.1) is 0 Å². The number of rotatable bonds is 2. The molecular weight excluding hydrogens is 347 g/mol. The molecule has 0 unspecified atom stereocenters. The van der Waals surface area contributed by atoms with Gasteiger partial charge in [0.25, 0.3) is 5.91 Å². The van der Waals surface area contributed by atoms with Crippen LogP contribution in [0.1, 0.15) is 24.3 Å². The zero-order valence-electron chi connectivity index (χ0n) is 13.5. The van der Waals surface area contributed by atoms with E-state index in [2.05, 4.69) is 29.1 Å². The van der Waals surface area contributed by atoms with Gasteiger partial charge < -0.3 is 10.2 Å². The minimum Gasteiger partial charge on any atom is -0.334 e. The highest BCUT2D eigenvalue weighted by molar-refractivity contribution is 6.42. The molecule has 7 heteroatoms. The summed E-state index contributed by atoms with van der Waals surface area (Å²) in [5, 5.41) is 4.34. The molecule has 0 radical (unpaired) electrons. The lowest BCUT2D eigenvalue weighted by Crippen LogP contribution is -2.55. The number of halogens is 2. The van der Waals surface area contributed by atoms with E-state index < -0.39 is 0 Å². The third kappa shape index (κ3) is 3.69. The average molecular weight is 365 g/mol. The van der Waals surface area contributed by atoms with E-state index in [1.54, 1.807) is 18.2 Å². The van der Waals surface area contributed by atoms with Gasteiger partial charge in [0, 0.05) is 30.7 Å². The molecule has 0 bridgehead atoms. The standard InChI is InChI=1S/C17H18Cl2N4O/c1-10-7-23(8-11(2)22-10)17(24)16-6-15(20-9-21-16)12-3-4-13(18)14(19)5-12/h3-6,9-11,22H,7-8H2,1-2H3/t10-,11+. The molecule has 1 N–H and O–H groups in total. The van der Waals surface area contributed by atoms with Gasteiger partial charge in [-0.1, -0.05) is 29.3 Å². The number of amides is 1. The largest absolute Gasteiger partial charge is 0.334 e. The minimum atomic E-state index is -0.0843. The van der Waals surface area contributed by atoms with Crippen molar-refractivity contribution in [3.63, 3.8) is 0 Å². The summed E-state index contributed by atoms with van der Waals surface area (Å²) >= 11 is 12.0. The van der Waals surface area contributed by atoms with Crippen LogP contribution in [0.3, 0.4) is 0 Å². The molecule has 1 aliphatic rings. The first-order chi connectivity index (χ1) is 11.4. The molecule has 1 saturated heterocycles. The van der Waals surface area contributed by atoms with E-state index in [-0.39, 0.29) is 18.0 Å². The summed E-state index contributed by atoms with van der Waals surface area (Å²) in [6, 6.07) is 7.47.